The maximum atomic E-state index is 13.7. The topological polar surface area (TPSA) is 66.5 Å². The van der Waals surface area contributed by atoms with Gasteiger partial charge < -0.3 is 5.32 Å². The first-order valence-electron chi connectivity index (χ1n) is 8.71. The summed E-state index contributed by atoms with van der Waals surface area (Å²) in [6.45, 7) is 2.12. The molecule has 0 atom stereocenters. The molecule has 2 aromatic carbocycles. The number of rotatable bonds is 4. The molecule has 0 unspecified atom stereocenters. The molecule has 1 saturated heterocycles. The van der Waals surface area contributed by atoms with Gasteiger partial charge in [0, 0.05) is 19.0 Å². The summed E-state index contributed by atoms with van der Waals surface area (Å²) in [5, 5.41) is 2.25. The molecule has 0 bridgehead atoms. The van der Waals surface area contributed by atoms with Crippen LogP contribution in [0.15, 0.2) is 41.3 Å². The molecule has 1 amide bonds. The number of nitrogens with zero attached hydrogens (tertiary/aromatic N) is 1. The third-order valence-electron chi connectivity index (χ3n) is 4.78. The molecule has 150 valence electrons. The van der Waals surface area contributed by atoms with Crippen molar-refractivity contribution in [2.24, 2.45) is 5.92 Å². The second kappa shape index (κ2) is 7.92. The van der Waals surface area contributed by atoms with Crippen molar-refractivity contribution < 1.29 is 26.4 Å². The number of carbonyl (C=O) groups is 1. The molecule has 1 heterocycles. The van der Waals surface area contributed by atoms with Crippen LogP contribution >= 0.6 is 0 Å². The molecule has 1 aliphatic heterocycles. The van der Waals surface area contributed by atoms with E-state index in [0.29, 0.717) is 0 Å². The normalized spacial score (nSPS) is 16.1. The van der Waals surface area contributed by atoms with E-state index in [1.165, 1.54) is 16.4 Å². The zero-order valence-corrected chi connectivity index (χ0v) is 15.9. The second-order valence-corrected chi connectivity index (χ2v) is 8.64. The molecule has 9 heteroatoms. The Labute approximate surface area is 161 Å². The molecule has 2 aromatic rings. The number of benzene rings is 2. The van der Waals surface area contributed by atoms with Crippen molar-refractivity contribution >= 4 is 21.6 Å². The van der Waals surface area contributed by atoms with Crippen LogP contribution < -0.4 is 5.32 Å². The minimum atomic E-state index is -3.65. The monoisotopic (exact) mass is 412 g/mol. The highest BCUT2D eigenvalue weighted by atomic mass is 32.2. The van der Waals surface area contributed by atoms with Gasteiger partial charge in [-0.25, -0.2) is 21.6 Å². The molecule has 1 aliphatic rings. The summed E-state index contributed by atoms with van der Waals surface area (Å²) in [5.74, 6) is -5.58. The summed E-state index contributed by atoms with van der Waals surface area (Å²) in [5.41, 5.74) is 0.498. The highest BCUT2D eigenvalue weighted by molar-refractivity contribution is 7.89. The Morgan fingerprint density at radius 3 is 2.21 bits per heavy atom. The van der Waals surface area contributed by atoms with Crippen LogP contribution in [-0.2, 0) is 14.8 Å². The molecule has 0 saturated carbocycles. The lowest BCUT2D eigenvalue weighted by Crippen LogP contribution is -2.41. The Morgan fingerprint density at radius 2 is 1.61 bits per heavy atom. The van der Waals surface area contributed by atoms with Gasteiger partial charge in [-0.15, -0.1) is 0 Å². The fraction of sp³-hybridized carbons (Fsp3) is 0.316. The van der Waals surface area contributed by atoms with Gasteiger partial charge in [0.05, 0.1) is 10.6 Å². The van der Waals surface area contributed by atoms with Crippen LogP contribution in [-0.4, -0.2) is 31.7 Å². The average Bonchev–Trinajstić information content (AvgIpc) is 2.69. The van der Waals surface area contributed by atoms with Crippen LogP contribution in [0.1, 0.15) is 18.4 Å². The Balaban J connectivity index is 1.64. The van der Waals surface area contributed by atoms with Crippen LogP contribution in [0.5, 0.6) is 0 Å². The van der Waals surface area contributed by atoms with E-state index in [1.807, 2.05) is 6.92 Å². The van der Waals surface area contributed by atoms with Gasteiger partial charge in [-0.3, -0.25) is 4.79 Å². The number of anilines is 1. The highest BCUT2D eigenvalue weighted by Gasteiger charge is 2.32. The maximum Gasteiger partial charge on any atom is 0.243 e. The van der Waals surface area contributed by atoms with Gasteiger partial charge in [-0.1, -0.05) is 17.7 Å². The van der Waals surface area contributed by atoms with Gasteiger partial charge in [0.25, 0.3) is 0 Å². The lowest BCUT2D eigenvalue weighted by atomic mass is 9.97. The number of carbonyl (C=O) groups excluding carboxylic acids is 1. The fourth-order valence-electron chi connectivity index (χ4n) is 3.07. The summed E-state index contributed by atoms with van der Waals surface area (Å²) < 4.78 is 66.6. The molecule has 1 N–H and O–H groups in total. The van der Waals surface area contributed by atoms with E-state index in [2.05, 4.69) is 5.32 Å². The maximum absolute atomic E-state index is 13.7. The van der Waals surface area contributed by atoms with Crippen molar-refractivity contribution in [3.05, 3.63) is 59.4 Å². The average molecular weight is 412 g/mol. The Morgan fingerprint density at radius 1 is 1.00 bits per heavy atom. The van der Waals surface area contributed by atoms with E-state index in [0.717, 1.165) is 17.7 Å². The van der Waals surface area contributed by atoms with E-state index in [9.17, 15) is 26.4 Å². The first kappa shape index (κ1) is 20.3. The van der Waals surface area contributed by atoms with Crippen molar-refractivity contribution in [2.45, 2.75) is 24.7 Å². The second-order valence-electron chi connectivity index (χ2n) is 6.70. The molecule has 0 aliphatic carbocycles. The molecule has 0 spiro atoms. The first-order valence-corrected chi connectivity index (χ1v) is 10.2. The molecular formula is C19H19F3N2O3S. The van der Waals surface area contributed by atoms with Gasteiger partial charge in [0.2, 0.25) is 15.9 Å². The van der Waals surface area contributed by atoms with E-state index in [4.69, 9.17) is 0 Å². The minimum Gasteiger partial charge on any atom is -0.323 e. The summed E-state index contributed by atoms with van der Waals surface area (Å²) in [6, 6.07) is 8.17. The zero-order valence-electron chi connectivity index (χ0n) is 15.1. The summed E-state index contributed by atoms with van der Waals surface area (Å²) >= 11 is 0. The van der Waals surface area contributed by atoms with Gasteiger partial charge >= 0.3 is 0 Å². The van der Waals surface area contributed by atoms with E-state index >= 15 is 0 Å². The third-order valence-corrected chi connectivity index (χ3v) is 6.69. The third kappa shape index (κ3) is 4.05. The van der Waals surface area contributed by atoms with Crippen molar-refractivity contribution in [2.75, 3.05) is 18.4 Å². The minimum absolute atomic E-state index is 0.133. The number of hydrogen-bond acceptors (Lipinski definition) is 3. The SMILES string of the molecule is Cc1ccc(S(=O)(=O)N2CCC(C(=O)Nc3ccc(F)c(F)c3F)CC2)cc1. The lowest BCUT2D eigenvalue weighted by molar-refractivity contribution is -0.120. The molecule has 28 heavy (non-hydrogen) atoms. The van der Waals surface area contributed by atoms with Crippen LogP contribution in [0.3, 0.4) is 0 Å². The predicted molar refractivity (Wildman–Crippen MR) is 97.6 cm³/mol. The predicted octanol–water partition coefficient (Wildman–Crippen LogP) is 3.45. The first-order chi connectivity index (χ1) is 13.2. The standard InChI is InChI=1S/C19H19F3N2O3S/c1-12-2-4-14(5-3-12)28(26,27)24-10-8-13(9-11-24)19(25)23-16-7-6-15(20)17(21)18(16)22/h2-7,13H,8-11H2,1H3,(H,23,25). The van der Waals surface area contributed by atoms with Gasteiger partial charge in [0.1, 0.15) is 0 Å². The fourth-order valence-corrected chi connectivity index (χ4v) is 4.54. The van der Waals surface area contributed by atoms with Gasteiger partial charge in [-0.05, 0) is 44.0 Å². The van der Waals surface area contributed by atoms with Crippen molar-refractivity contribution in [1.29, 1.82) is 0 Å². The van der Waals surface area contributed by atoms with E-state index < -0.39 is 45.0 Å². The molecule has 0 aromatic heterocycles. The number of aryl methyl sites for hydroxylation is 1. The smallest absolute Gasteiger partial charge is 0.243 e. The lowest BCUT2D eigenvalue weighted by Gasteiger charge is -2.30. The van der Waals surface area contributed by atoms with Crippen molar-refractivity contribution in [1.82, 2.24) is 4.31 Å². The molecule has 3 rings (SSSR count). The summed E-state index contributed by atoms with van der Waals surface area (Å²) in [7, 11) is -3.65. The number of piperidine rings is 1. The number of hydrogen-bond donors (Lipinski definition) is 1. The number of halogens is 3. The number of nitrogens with one attached hydrogen (secondary N) is 1. The van der Waals surface area contributed by atoms with Crippen LogP contribution in [0, 0.1) is 30.3 Å². The highest BCUT2D eigenvalue weighted by Crippen LogP contribution is 2.26. The van der Waals surface area contributed by atoms with Crippen molar-refractivity contribution in [3.63, 3.8) is 0 Å². The molecule has 0 radical (unpaired) electrons. The van der Waals surface area contributed by atoms with E-state index in [-0.39, 0.29) is 30.8 Å². The largest absolute Gasteiger partial charge is 0.323 e. The zero-order chi connectivity index (χ0) is 20.5. The van der Waals surface area contributed by atoms with E-state index in [1.54, 1.807) is 12.1 Å². The molecular weight excluding hydrogens is 393 g/mol. The Kier molecular flexibility index (Phi) is 5.76. The van der Waals surface area contributed by atoms with Crippen LogP contribution in [0.4, 0.5) is 18.9 Å². The number of amides is 1. The Bertz CT molecular complexity index is 986. The Hall–Kier alpha value is -2.39. The van der Waals surface area contributed by atoms with Crippen molar-refractivity contribution in [3.8, 4) is 0 Å². The molecule has 5 nitrogen and oxygen atoms in total. The summed E-state index contributed by atoms with van der Waals surface area (Å²) in [6.07, 6.45) is 0.477. The van der Waals surface area contributed by atoms with Crippen LogP contribution in [0.2, 0.25) is 0 Å². The quantitative estimate of drug-likeness (QED) is 0.783. The summed E-state index contributed by atoms with van der Waals surface area (Å²) in [4.78, 5) is 12.5. The molecule has 1 fully saturated rings. The number of sulfonamides is 1. The van der Waals surface area contributed by atoms with Crippen LogP contribution in [0.25, 0.3) is 0 Å². The van der Waals surface area contributed by atoms with Gasteiger partial charge in [0.15, 0.2) is 17.5 Å². The van der Waals surface area contributed by atoms with Gasteiger partial charge in [-0.2, -0.15) is 4.31 Å².